The van der Waals surface area contributed by atoms with E-state index >= 15 is 0 Å². The summed E-state index contributed by atoms with van der Waals surface area (Å²) in [5.74, 6) is 1.38. The molecule has 1 heterocycles. The second kappa shape index (κ2) is 6.53. The van der Waals surface area contributed by atoms with E-state index in [0.717, 1.165) is 17.9 Å². The number of hydrogen-bond donors (Lipinski definition) is 2. The standard InChI is InChI=1S/C14H18N4O2S/c1-3-16-13-9-15-10-14(18-13)17-8-11-4-6-12(7-5-11)21(2,19)20/h4-7,9-10H,3,8H2,1-2H3,(H2,16,17,18). The van der Waals surface area contributed by atoms with Gasteiger partial charge in [0.05, 0.1) is 17.3 Å². The second-order valence-electron chi connectivity index (χ2n) is 4.59. The van der Waals surface area contributed by atoms with Crippen molar-refractivity contribution in [2.75, 3.05) is 23.4 Å². The number of benzene rings is 1. The fourth-order valence-electron chi connectivity index (χ4n) is 1.76. The SMILES string of the molecule is CCNc1cncc(NCc2ccc(S(C)(=O)=O)cc2)n1. The molecular weight excluding hydrogens is 288 g/mol. The molecule has 2 N–H and O–H groups in total. The summed E-state index contributed by atoms with van der Waals surface area (Å²) >= 11 is 0. The van der Waals surface area contributed by atoms with Crippen LogP contribution in [0.25, 0.3) is 0 Å². The van der Waals surface area contributed by atoms with Gasteiger partial charge in [0.2, 0.25) is 0 Å². The van der Waals surface area contributed by atoms with Gasteiger partial charge in [-0.15, -0.1) is 0 Å². The minimum Gasteiger partial charge on any atom is -0.369 e. The van der Waals surface area contributed by atoms with E-state index in [1.54, 1.807) is 36.7 Å². The highest BCUT2D eigenvalue weighted by Gasteiger charge is 2.06. The third-order valence-corrected chi connectivity index (χ3v) is 3.95. The molecule has 0 amide bonds. The van der Waals surface area contributed by atoms with Gasteiger partial charge < -0.3 is 10.6 Å². The predicted molar refractivity (Wildman–Crippen MR) is 83.1 cm³/mol. The Morgan fingerprint density at radius 1 is 1.05 bits per heavy atom. The molecule has 0 unspecified atom stereocenters. The van der Waals surface area contributed by atoms with Crippen molar-refractivity contribution in [1.29, 1.82) is 0 Å². The van der Waals surface area contributed by atoms with Crippen molar-refractivity contribution < 1.29 is 8.42 Å². The number of nitrogens with one attached hydrogen (secondary N) is 2. The molecule has 2 aromatic rings. The molecule has 0 bridgehead atoms. The molecule has 1 aromatic heterocycles. The van der Waals surface area contributed by atoms with Crippen molar-refractivity contribution in [2.24, 2.45) is 0 Å². The van der Waals surface area contributed by atoms with Crippen LogP contribution in [0.5, 0.6) is 0 Å². The van der Waals surface area contributed by atoms with Gasteiger partial charge in [-0.1, -0.05) is 12.1 Å². The highest BCUT2D eigenvalue weighted by atomic mass is 32.2. The molecule has 0 saturated carbocycles. The normalized spacial score (nSPS) is 11.1. The summed E-state index contributed by atoms with van der Waals surface area (Å²) < 4.78 is 22.8. The zero-order chi connectivity index (χ0) is 15.3. The molecule has 0 fully saturated rings. The first kappa shape index (κ1) is 15.2. The molecular formula is C14H18N4O2S. The number of hydrogen-bond acceptors (Lipinski definition) is 6. The average Bonchev–Trinajstić information content (AvgIpc) is 2.45. The topological polar surface area (TPSA) is 84.0 Å². The van der Waals surface area contributed by atoms with E-state index in [1.807, 2.05) is 6.92 Å². The quantitative estimate of drug-likeness (QED) is 0.848. The number of rotatable bonds is 6. The molecule has 7 heteroatoms. The first-order valence-electron chi connectivity index (χ1n) is 6.58. The molecule has 6 nitrogen and oxygen atoms in total. The van der Waals surface area contributed by atoms with Crippen LogP contribution >= 0.6 is 0 Å². The number of sulfone groups is 1. The summed E-state index contributed by atoms with van der Waals surface area (Å²) in [6.07, 6.45) is 4.50. The number of aromatic nitrogens is 2. The Labute approximate surface area is 124 Å². The van der Waals surface area contributed by atoms with Crippen molar-refractivity contribution in [3.05, 3.63) is 42.2 Å². The van der Waals surface area contributed by atoms with Gasteiger partial charge in [-0.3, -0.25) is 4.98 Å². The van der Waals surface area contributed by atoms with Crippen LogP contribution in [0.15, 0.2) is 41.6 Å². The van der Waals surface area contributed by atoms with Gasteiger partial charge in [-0.05, 0) is 24.6 Å². The molecule has 0 saturated heterocycles. The van der Waals surface area contributed by atoms with Crippen molar-refractivity contribution >= 4 is 21.5 Å². The Kier molecular flexibility index (Phi) is 4.74. The molecule has 0 radical (unpaired) electrons. The highest BCUT2D eigenvalue weighted by molar-refractivity contribution is 7.90. The lowest BCUT2D eigenvalue weighted by atomic mass is 10.2. The Bertz CT molecular complexity index is 699. The van der Waals surface area contributed by atoms with Crippen LogP contribution < -0.4 is 10.6 Å². The largest absolute Gasteiger partial charge is 0.369 e. The minimum absolute atomic E-state index is 0.320. The van der Waals surface area contributed by atoms with E-state index < -0.39 is 9.84 Å². The lowest BCUT2D eigenvalue weighted by Crippen LogP contribution is -2.05. The monoisotopic (exact) mass is 306 g/mol. The first-order chi connectivity index (χ1) is 9.99. The molecule has 0 aliphatic carbocycles. The maximum atomic E-state index is 11.4. The van der Waals surface area contributed by atoms with E-state index in [-0.39, 0.29) is 0 Å². The van der Waals surface area contributed by atoms with E-state index in [2.05, 4.69) is 20.6 Å². The first-order valence-corrected chi connectivity index (χ1v) is 8.47. The maximum absolute atomic E-state index is 11.4. The Morgan fingerprint density at radius 2 is 1.67 bits per heavy atom. The third-order valence-electron chi connectivity index (χ3n) is 2.82. The summed E-state index contributed by atoms with van der Waals surface area (Å²) in [5.41, 5.74) is 0.970. The maximum Gasteiger partial charge on any atom is 0.175 e. The van der Waals surface area contributed by atoms with E-state index in [4.69, 9.17) is 0 Å². The van der Waals surface area contributed by atoms with Gasteiger partial charge in [0, 0.05) is 19.3 Å². The van der Waals surface area contributed by atoms with Crippen LogP contribution in [0.1, 0.15) is 12.5 Å². The van der Waals surface area contributed by atoms with Gasteiger partial charge in [0.15, 0.2) is 9.84 Å². The molecule has 2 rings (SSSR count). The van der Waals surface area contributed by atoms with Crippen molar-refractivity contribution in [1.82, 2.24) is 9.97 Å². The smallest absolute Gasteiger partial charge is 0.175 e. The molecule has 0 aliphatic heterocycles. The zero-order valence-corrected chi connectivity index (χ0v) is 12.8. The van der Waals surface area contributed by atoms with Gasteiger partial charge in [0.1, 0.15) is 11.6 Å². The fourth-order valence-corrected chi connectivity index (χ4v) is 2.40. The van der Waals surface area contributed by atoms with E-state index in [0.29, 0.717) is 17.3 Å². The molecule has 0 atom stereocenters. The molecule has 112 valence electrons. The molecule has 0 spiro atoms. The van der Waals surface area contributed by atoms with Gasteiger partial charge >= 0.3 is 0 Å². The van der Waals surface area contributed by atoms with Crippen molar-refractivity contribution in [3.63, 3.8) is 0 Å². The van der Waals surface area contributed by atoms with Crippen LogP contribution in [-0.2, 0) is 16.4 Å². The fraction of sp³-hybridized carbons (Fsp3) is 0.286. The Morgan fingerprint density at radius 3 is 2.24 bits per heavy atom. The van der Waals surface area contributed by atoms with E-state index in [9.17, 15) is 8.42 Å². The lowest BCUT2D eigenvalue weighted by Gasteiger charge is -2.08. The molecule has 1 aromatic carbocycles. The number of nitrogens with zero attached hydrogens (tertiary/aromatic N) is 2. The van der Waals surface area contributed by atoms with Crippen LogP contribution in [-0.4, -0.2) is 31.2 Å². The van der Waals surface area contributed by atoms with Crippen LogP contribution in [0.3, 0.4) is 0 Å². The van der Waals surface area contributed by atoms with E-state index in [1.165, 1.54) is 6.26 Å². The Hall–Kier alpha value is -2.15. The summed E-state index contributed by atoms with van der Waals surface area (Å²) in [7, 11) is -3.15. The summed E-state index contributed by atoms with van der Waals surface area (Å²) in [6.45, 7) is 3.32. The van der Waals surface area contributed by atoms with Crippen molar-refractivity contribution in [3.8, 4) is 0 Å². The van der Waals surface area contributed by atoms with Crippen molar-refractivity contribution in [2.45, 2.75) is 18.4 Å². The van der Waals surface area contributed by atoms with Gasteiger partial charge in [-0.25, -0.2) is 13.4 Å². The van der Waals surface area contributed by atoms with Crippen LogP contribution in [0.4, 0.5) is 11.6 Å². The van der Waals surface area contributed by atoms with Crippen LogP contribution in [0.2, 0.25) is 0 Å². The highest BCUT2D eigenvalue weighted by Crippen LogP contribution is 2.12. The molecule has 0 aliphatic rings. The molecule has 21 heavy (non-hydrogen) atoms. The average molecular weight is 306 g/mol. The second-order valence-corrected chi connectivity index (χ2v) is 6.61. The summed E-state index contributed by atoms with van der Waals surface area (Å²) in [4.78, 5) is 8.77. The lowest BCUT2D eigenvalue weighted by molar-refractivity contribution is 0.602. The zero-order valence-electron chi connectivity index (χ0n) is 12.0. The minimum atomic E-state index is -3.15. The summed E-state index contributed by atoms with van der Waals surface area (Å²) in [5, 5.41) is 6.24. The summed E-state index contributed by atoms with van der Waals surface area (Å²) in [6, 6.07) is 6.77. The Balaban J connectivity index is 2.01. The third kappa shape index (κ3) is 4.42. The van der Waals surface area contributed by atoms with Gasteiger partial charge in [-0.2, -0.15) is 0 Å². The predicted octanol–water partition coefficient (Wildman–Crippen LogP) is 1.92. The van der Waals surface area contributed by atoms with Gasteiger partial charge in [0.25, 0.3) is 0 Å². The van der Waals surface area contributed by atoms with Crippen LogP contribution in [0, 0.1) is 0 Å². The number of anilines is 2.